The van der Waals surface area contributed by atoms with E-state index in [0.717, 1.165) is 17.2 Å². The van der Waals surface area contributed by atoms with Gasteiger partial charge in [0.25, 0.3) is 5.91 Å². The molecule has 0 atom stereocenters. The second-order valence-corrected chi connectivity index (χ2v) is 8.02. The van der Waals surface area contributed by atoms with Crippen molar-refractivity contribution in [1.29, 1.82) is 0 Å². The van der Waals surface area contributed by atoms with E-state index in [1.54, 1.807) is 41.5 Å². The Hall–Kier alpha value is -3.08. The number of aromatic nitrogens is 4. The number of anilines is 1. The zero-order chi connectivity index (χ0) is 20.5. The van der Waals surface area contributed by atoms with E-state index in [0.29, 0.717) is 26.0 Å². The maximum Gasteiger partial charge on any atom is 0.339 e. The molecule has 4 rings (SSSR count). The summed E-state index contributed by atoms with van der Waals surface area (Å²) in [7, 11) is 0. The van der Waals surface area contributed by atoms with Gasteiger partial charge in [0.1, 0.15) is 10.4 Å². The molecule has 0 aliphatic rings. The zero-order valence-electron chi connectivity index (χ0n) is 14.8. The molecule has 3 aromatic heterocycles. The van der Waals surface area contributed by atoms with Crippen LogP contribution in [0.15, 0.2) is 42.0 Å². The number of aromatic carboxylic acids is 1. The summed E-state index contributed by atoms with van der Waals surface area (Å²) in [5.41, 5.74) is 2.13. The lowest BCUT2D eigenvalue weighted by molar-refractivity contribution is 0.0699. The van der Waals surface area contributed by atoms with Crippen LogP contribution in [0.1, 0.15) is 25.7 Å². The Morgan fingerprint density at radius 2 is 2.00 bits per heavy atom. The molecule has 4 aromatic rings. The molecule has 11 heteroatoms. The first-order chi connectivity index (χ1) is 13.9. The van der Waals surface area contributed by atoms with E-state index >= 15 is 0 Å². The molecule has 29 heavy (non-hydrogen) atoms. The smallest absolute Gasteiger partial charge is 0.339 e. The number of carboxylic acids is 1. The molecule has 8 nitrogen and oxygen atoms in total. The van der Waals surface area contributed by atoms with E-state index in [4.69, 9.17) is 11.6 Å². The van der Waals surface area contributed by atoms with Gasteiger partial charge in [-0.25, -0.2) is 9.48 Å². The topological polar surface area (TPSA) is 110 Å². The van der Waals surface area contributed by atoms with Gasteiger partial charge in [0.15, 0.2) is 0 Å². The van der Waals surface area contributed by atoms with E-state index in [2.05, 4.69) is 20.0 Å². The molecule has 1 amide bonds. The van der Waals surface area contributed by atoms with Crippen LogP contribution in [0.3, 0.4) is 0 Å². The largest absolute Gasteiger partial charge is 0.478 e. The fraction of sp³-hybridized carbons (Fsp3) is 0.0556. The minimum Gasteiger partial charge on any atom is -0.478 e. The standard InChI is InChI=1S/C18H12ClN5O3S2/c1-9-15(29-23-22-9)17(25)21-13-8-28-16(14(13)18(26)27)10-6-20-24(7-10)12-4-2-11(19)3-5-12/h2-8H,1H3,(H,21,25)(H,26,27). The van der Waals surface area contributed by atoms with E-state index in [1.807, 2.05) is 12.1 Å². The van der Waals surface area contributed by atoms with Gasteiger partial charge in [-0.1, -0.05) is 16.1 Å². The second-order valence-electron chi connectivity index (χ2n) is 5.95. The minimum absolute atomic E-state index is 0.00846. The second kappa shape index (κ2) is 7.74. The molecule has 0 unspecified atom stereocenters. The number of carbonyl (C=O) groups excluding carboxylic acids is 1. The summed E-state index contributed by atoms with van der Waals surface area (Å²) in [5.74, 6) is -1.59. The van der Waals surface area contributed by atoms with Crippen LogP contribution in [0, 0.1) is 6.92 Å². The Kier molecular flexibility index (Phi) is 5.14. The third-order valence-corrected chi connectivity index (χ3v) is 6.15. The highest BCUT2D eigenvalue weighted by molar-refractivity contribution is 7.14. The van der Waals surface area contributed by atoms with Crippen molar-refractivity contribution < 1.29 is 14.7 Å². The summed E-state index contributed by atoms with van der Waals surface area (Å²) in [6.07, 6.45) is 3.31. The molecule has 2 N–H and O–H groups in total. The fourth-order valence-electron chi connectivity index (χ4n) is 2.67. The molecule has 0 radical (unpaired) electrons. The van der Waals surface area contributed by atoms with Crippen LogP contribution in [0.2, 0.25) is 5.02 Å². The number of nitrogens with zero attached hydrogens (tertiary/aromatic N) is 4. The van der Waals surface area contributed by atoms with E-state index in [1.165, 1.54) is 11.3 Å². The number of halogens is 1. The number of hydrogen-bond acceptors (Lipinski definition) is 7. The molecule has 0 fully saturated rings. The molecule has 3 heterocycles. The Bertz CT molecular complexity index is 1210. The van der Waals surface area contributed by atoms with Gasteiger partial charge in [0.2, 0.25) is 0 Å². The van der Waals surface area contributed by atoms with Gasteiger partial charge < -0.3 is 10.4 Å². The van der Waals surface area contributed by atoms with E-state index < -0.39 is 11.9 Å². The molecular formula is C18H12ClN5O3S2. The van der Waals surface area contributed by atoms with Crippen molar-refractivity contribution >= 4 is 52.0 Å². The van der Waals surface area contributed by atoms with Gasteiger partial charge in [0, 0.05) is 22.2 Å². The highest BCUT2D eigenvalue weighted by atomic mass is 35.5. The third-order valence-electron chi connectivity index (χ3n) is 4.05. The number of nitrogens with one attached hydrogen (secondary N) is 1. The van der Waals surface area contributed by atoms with Crippen LogP contribution in [0.4, 0.5) is 5.69 Å². The van der Waals surface area contributed by atoms with Crippen molar-refractivity contribution in [2.45, 2.75) is 6.92 Å². The zero-order valence-corrected chi connectivity index (χ0v) is 17.2. The van der Waals surface area contributed by atoms with Gasteiger partial charge in [-0.15, -0.1) is 16.4 Å². The first-order valence-electron chi connectivity index (χ1n) is 8.20. The van der Waals surface area contributed by atoms with Crippen LogP contribution < -0.4 is 5.32 Å². The van der Waals surface area contributed by atoms with Gasteiger partial charge in [0.05, 0.1) is 28.1 Å². The Morgan fingerprint density at radius 3 is 2.66 bits per heavy atom. The normalized spacial score (nSPS) is 10.8. The molecule has 0 saturated heterocycles. The molecule has 0 aliphatic heterocycles. The third kappa shape index (κ3) is 3.77. The lowest BCUT2D eigenvalue weighted by Gasteiger charge is -2.04. The van der Waals surface area contributed by atoms with Crippen molar-refractivity contribution in [3.05, 3.63) is 63.2 Å². The number of carbonyl (C=O) groups is 2. The molecule has 146 valence electrons. The quantitative estimate of drug-likeness (QED) is 0.472. The Balaban J connectivity index is 1.67. The number of aryl methyl sites for hydroxylation is 1. The SMILES string of the molecule is Cc1nnsc1C(=O)Nc1csc(-c2cnn(-c3ccc(Cl)cc3)c2)c1C(=O)O. The number of benzene rings is 1. The maximum absolute atomic E-state index is 12.4. The fourth-order valence-corrected chi connectivity index (χ4v) is 4.32. The number of carboxylic acid groups (broad SMARTS) is 1. The van der Waals surface area contributed by atoms with Crippen LogP contribution in [-0.4, -0.2) is 36.4 Å². The summed E-state index contributed by atoms with van der Waals surface area (Å²) in [4.78, 5) is 25.2. The lowest BCUT2D eigenvalue weighted by Crippen LogP contribution is -2.13. The van der Waals surface area contributed by atoms with Gasteiger partial charge in [-0.3, -0.25) is 4.79 Å². The molecular weight excluding hydrogens is 434 g/mol. The number of amides is 1. The molecule has 0 spiro atoms. The Morgan fingerprint density at radius 1 is 1.24 bits per heavy atom. The first-order valence-corrected chi connectivity index (χ1v) is 10.2. The van der Waals surface area contributed by atoms with Crippen molar-refractivity contribution in [2.24, 2.45) is 0 Å². The summed E-state index contributed by atoms with van der Waals surface area (Å²) in [6, 6.07) is 7.11. The summed E-state index contributed by atoms with van der Waals surface area (Å²) >= 11 is 8.08. The minimum atomic E-state index is -1.14. The van der Waals surface area contributed by atoms with Crippen molar-refractivity contribution in [3.8, 4) is 16.1 Å². The number of hydrogen-bond donors (Lipinski definition) is 2. The maximum atomic E-state index is 12.4. The average Bonchev–Trinajstić information content (AvgIpc) is 3.41. The molecule has 1 aromatic carbocycles. The number of rotatable bonds is 5. The van der Waals surface area contributed by atoms with Crippen LogP contribution >= 0.6 is 34.5 Å². The summed E-state index contributed by atoms with van der Waals surface area (Å²) < 4.78 is 5.36. The molecule has 0 bridgehead atoms. The average molecular weight is 446 g/mol. The summed E-state index contributed by atoms with van der Waals surface area (Å²) in [5, 5.41) is 22.7. The monoisotopic (exact) mass is 445 g/mol. The highest BCUT2D eigenvalue weighted by Gasteiger charge is 2.23. The Labute approximate surface area is 177 Å². The number of thiophene rings is 1. The van der Waals surface area contributed by atoms with Crippen molar-refractivity contribution in [2.75, 3.05) is 5.32 Å². The van der Waals surface area contributed by atoms with Crippen molar-refractivity contribution in [3.63, 3.8) is 0 Å². The van der Waals surface area contributed by atoms with Crippen molar-refractivity contribution in [1.82, 2.24) is 19.4 Å². The van der Waals surface area contributed by atoms with Crippen LogP contribution in [0.5, 0.6) is 0 Å². The highest BCUT2D eigenvalue weighted by Crippen LogP contribution is 2.36. The van der Waals surface area contributed by atoms with E-state index in [-0.39, 0.29) is 11.3 Å². The molecule has 0 aliphatic carbocycles. The first kappa shape index (κ1) is 19.2. The molecule has 0 saturated carbocycles. The van der Waals surface area contributed by atoms with Gasteiger partial charge >= 0.3 is 5.97 Å². The van der Waals surface area contributed by atoms with E-state index in [9.17, 15) is 14.7 Å². The van der Waals surface area contributed by atoms with Crippen LogP contribution in [0.25, 0.3) is 16.1 Å². The summed E-state index contributed by atoms with van der Waals surface area (Å²) in [6.45, 7) is 1.67. The van der Waals surface area contributed by atoms with Gasteiger partial charge in [-0.2, -0.15) is 5.10 Å². The predicted molar refractivity (Wildman–Crippen MR) is 111 cm³/mol. The predicted octanol–water partition coefficient (Wildman–Crippen LogP) is 4.36. The van der Waals surface area contributed by atoms with Crippen LogP contribution in [-0.2, 0) is 0 Å². The van der Waals surface area contributed by atoms with Gasteiger partial charge in [-0.05, 0) is 42.7 Å². The lowest BCUT2D eigenvalue weighted by atomic mass is 10.1.